The van der Waals surface area contributed by atoms with Crippen LogP contribution in [0.4, 0.5) is 0 Å². The first-order chi connectivity index (χ1) is 7.86. The van der Waals surface area contributed by atoms with Crippen molar-refractivity contribution in [2.75, 3.05) is 6.54 Å². The van der Waals surface area contributed by atoms with Gasteiger partial charge in [-0.05, 0) is 31.5 Å². The molecule has 2 aromatic heterocycles. The summed E-state index contributed by atoms with van der Waals surface area (Å²) in [4.78, 5) is 4.42. The van der Waals surface area contributed by atoms with Crippen molar-refractivity contribution in [3.05, 3.63) is 30.2 Å². The van der Waals surface area contributed by atoms with Crippen molar-refractivity contribution >= 4 is 5.52 Å². The molecule has 1 unspecified atom stereocenters. The van der Waals surface area contributed by atoms with Crippen molar-refractivity contribution in [1.82, 2.24) is 14.7 Å². The van der Waals surface area contributed by atoms with Gasteiger partial charge in [-0.1, -0.05) is 12.5 Å². The molecule has 2 N–H and O–H groups in total. The highest BCUT2D eigenvalue weighted by Gasteiger charge is 2.20. The predicted octanol–water partition coefficient (Wildman–Crippen LogP) is 1.85. The van der Waals surface area contributed by atoms with Gasteiger partial charge in [0, 0.05) is 0 Å². The first-order valence-electron chi connectivity index (χ1n) is 5.75. The van der Waals surface area contributed by atoms with E-state index in [1.807, 2.05) is 22.7 Å². The molecule has 1 aliphatic heterocycles. The first-order valence-corrected chi connectivity index (χ1v) is 5.75. The monoisotopic (exact) mass is 217 g/mol. The van der Waals surface area contributed by atoms with E-state index in [4.69, 9.17) is 0 Å². The second-order valence-corrected chi connectivity index (χ2v) is 4.26. The lowest BCUT2D eigenvalue weighted by atomic mass is 10.0. The van der Waals surface area contributed by atoms with Gasteiger partial charge in [0.2, 0.25) is 0 Å². The van der Waals surface area contributed by atoms with Crippen LogP contribution in [0.1, 0.15) is 31.1 Å². The van der Waals surface area contributed by atoms with Crippen LogP contribution < -0.4 is 5.32 Å². The van der Waals surface area contributed by atoms with Crippen molar-refractivity contribution in [2.45, 2.75) is 25.3 Å². The average Bonchev–Trinajstić information content (AvgIpc) is 2.75. The minimum absolute atomic E-state index is 0.261. The number of aromatic nitrogens is 2. The van der Waals surface area contributed by atoms with Gasteiger partial charge in [-0.3, -0.25) is 4.40 Å². The Labute approximate surface area is 93.9 Å². The van der Waals surface area contributed by atoms with E-state index in [2.05, 4.69) is 10.3 Å². The number of nitrogens with one attached hydrogen (secondary N) is 1. The SMILES string of the molecule is Oc1cccc2cnc(C3CCCCN3)n12. The topological polar surface area (TPSA) is 49.6 Å². The van der Waals surface area contributed by atoms with Crippen LogP contribution in [0.25, 0.3) is 5.52 Å². The Morgan fingerprint density at radius 2 is 2.31 bits per heavy atom. The molecule has 2 aromatic rings. The molecular weight excluding hydrogens is 202 g/mol. The maximum atomic E-state index is 9.87. The van der Waals surface area contributed by atoms with Gasteiger partial charge in [-0.15, -0.1) is 0 Å². The summed E-state index contributed by atoms with van der Waals surface area (Å²) in [7, 11) is 0. The summed E-state index contributed by atoms with van der Waals surface area (Å²) in [5, 5.41) is 13.3. The minimum atomic E-state index is 0.261. The lowest BCUT2D eigenvalue weighted by molar-refractivity contribution is 0.384. The van der Waals surface area contributed by atoms with Crippen molar-refractivity contribution in [1.29, 1.82) is 0 Å². The summed E-state index contributed by atoms with van der Waals surface area (Å²) in [6.07, 6.45) is 5.35. The summed E-state index contributed by atoms with van der Waals surface area (Å²) in [6, 6.07) is 5.76. The Hall–Kier alpha value is -1.55. The molecule has 0 spiro atoms. The van der Waals surface area contributed by atoms with Gasteiger partial charge in [0.1, 0.15) is 5.82 Å². The van der Waals surface area contributed by atoms with Crippen LogP contribution in [-0.4, -0.2) is 21.0 Å². The summed E-state index contributed by atoms with van der Waals surface area (Å²) in [5.41, 5.74) is 0.947. The number of imidazole rings is 1. The average molecular weight is 217 g/mol. The van der Waals surface area contributed by atoms with Crippen LogP contribution in [0.15, 0.2) is 24.4 Å². The lowest BCUT2D eigenvalue weighted by Gasteiger charge is -2.22. The number of hydrogen-bond acceptors (Lipinski definition) is 3. The molecule has 0 aromatic carbocycles. The van der Waals surface area contributed by atoms with E-state index in [1.54, 1.807) is 6.07 Å². The van der Waals surface area contributed by atoms with Gasteiger partial charge < -0.3 is 10.4 Å². The summed E-state index contributed by atoms with van der Waals surface area (Å²) in [6.45, 7) is 1.03. The van der Waals surface area contributed by atoms with E-state index in [1.165, 1.54) is 12.8 Å². The van der Waals surface area contributed by atoms with E-state index in [0.29, 0.717) is 0 Å². The largest absolute Gasteiger partial charge is 0.494 e. The smallest absolute Gasteiger partial charge is 0.197 e. The van der Waals surface area contributed by atoms with E-state index >= 15 is 0 Å². The number of pyridine rings is 1. The van der Waals surface area contributed by atoms with Crippen LogP contribution in [0.2, 0.25) is 0 Å². The minimum Gasteiger partial charge on any atom is -0.494 e. The second kappa shape index (κ2) is 3.79. The Morgan fingerprint density at radius 1 is 1.38 bits per heavy atom. The maximum absolute atomic E-state index is 9.87. The molecule has 4 nitrogen and oxygen atoms in total. The van der Waals surface area contributed by atoms with Crippen LogP contribution in [0.3, 0.4) is 0 Å². The molecule has 1 saturated heterocycles. The fourth-order valence-electron chi connectivity index (χ4n) is 2.37. The predicted molar refractivity (Wildman–Crippen MR) is 61.5 cm³/mol. The Kier molecular flexibility index (Phi) is 2.29. The van der Waals surface area contributed by atoms with Gasteiger partial charge in [0.05, 0.1) is 17.8 Å². The molecule has 1 aliphatic rings. The molecule has 0 bridgehead atoms. The normalized spacial score (nSPS) is 21.4. The number of piperidine rings is 1. The molecule has 84 valence electrons. The van der Waals surface area contributed by atoms with Gasteiger partial charge in [0.15, 0.2) is 5.88 Å². The van der Waals surface area contributed by atoms with Crippen molar-refractivity contribution in [3.8, 4) is 5.88 Å². The highest BCUT2D eigenvalue weighted by atomic mass is 16.3. The first kappa shape index (κ1) is 9.66. The zero-order chi connectivity index (χ0) is 11.0. The van der Waals surface area contributed by atoms with Crippen LogP contribution in [0.5, 0.6) is 5.88 Å². The van der Waals surface area contributed by atoms with Crippen LogP contribution >= 0.6 is 0 Å². The molecule has 0 amide bonds. The zero-order valence-electron chi connectivity index (χ0n) is 9.06. The fourth-order valence-corrected chi connectivity index (χ4v) is 2.37. The highest BCUT2D eigenvalue weighted by molar-refractivity contribution is 5.49. The third-order valence-electron chi connectivity index (χ3n) is 3.18. The van der Waals surface area contributed by atoms with E-state index in [-0.39, 0.29) is 11.9 Å². The summed E-state index contributed by atoms with van der Waals surface area (Å²) >= 11 is 0. The molecule has 16 heavy (non-hydrogen) atoms. The van der Waals surface area contributed by atoms with Crippen LogP contribution in [0, 0.1) is 0 Å². The molecule has 4 heteroatoms. The lowest BCUT2D eigenvalue weighted by Crippen LogP contribution is -2.28. The molecule has 0 saturated carbocycles. The number of aromatic hydroxyl groups is 1. The third-order valence-corrected chi connectivity index (χ3v) is 3.18. The Balaban J connectivity index is 2.09. The number of nitrogens with zero attached hydrogens (tertiary/aromatic N) is 2. The van der Waals surface area contributed by atoms with Crippen LogP contribution in [-0.2, 0) is 0 Å². The summed E-state index contributed by atoms with van der Waals surface area (Å²) < 4.78 is 1.82. The Bertz CT molecular complexity index is 500. The fraction of sp³-hybridized carbons (Fsp3) is 0.417. The number of fused-ring (bicyclic) bond motifs is 1. The third kappa shape index (κ3) is 1.46. The molecular formula is C12H15N3O. The Morgan fingerprint density at radius 3 is 3.12 bits per heavy atom. The van der Waals surface area contributed by atoms with Gasteiger partial charge in [0.25, 0.3) is 0 Å². The standard InChI is InChI=1S/C12H15N3O/c16-11-6-3-4-9-8-14-12(15(9)11)10-5-1-2-7-13-10/h3-4,6,8,10,13,16H,1-2,5,7H2. The van der Waals surface area contributed by atoms with Crippen molar-refractivity contribution < 1.29 is 5.11 Å². The molecule has 0 aliphatic carbocycles. The van der Waals surface area contributed by atoms with Gasteiger partial charge >= 0.3 is 0 Å². The molecule has 1 atom stereocenters. The zero-order valence-corrected chi connectivity index (χ0v) is 9.06. The van der Waals surface area contributed by atoms with Gasteiger partial charge in [-0.2, -0.15) is 0 Å². The second-order valence-electron chi connectivity index (χ2n) is 4.26. The van der Waals surface area contributed by atoms with Gasteiger partial charge in [-0.25, -0.2) is 4.98 Å². The van der Waals surface area contributed by atoms with Crippen molar-refractivity contribution in [3.63, 3.8) is 0 Å². The quantitative estimate of drug-likeness (QED) is 0.766. The molecule has 3 heterocycles. The number of rotatable bonds is 1. The summed E-state index contributed by atoms with van der Waals surface area (Å²) in [5.74, 6) is 1.19. The maximum Gasteiger partial charge on any atom is 0.197 e. The molecule has 3 rings (SSSR count). The van der Waals surface area contributed by atoms with Crippen molar-refractivity contribution in [2.24, 2.45) is 0 Å². The number of hydrogen-bond donors (Lipinski definition) is 2. The highest BCUT2D eigenvalue weighted by Crippen LogP contribution is 2.25. The van der Waals surface area contributed by atoms with E-state index in [9.17, 15) is 5.11 Å². The van der Waals surface area contributed by atoms with E-state index in [0.717, 1.165) is 24.3 Å². The molecule has 0 radical (unpaired) electrons. The molecule has 1 fully saturated rings. The van der Waals surface area contributed by atoms with E-state index < -0.39 is 0 Å².